The van der Waals surface area contributed by atoms with Crippen LogP contribution in [0, 0.1) is 0 Å². The quantitative estimate of drug-likeness (QED) is 0.293. The molecule has 1 aliphatic heterocycles. The maximum absolute atomic E-state index is 13.4. The van der Waals surface area contributed by atoms with E-state index in [1.165, 1.54) is 42.3 Å². The molecule has 0 radical (unpaired) electrons. The molecule has 0 saturated carbocycles. The minimum absolute atomic E-state index is 0.00733. The van der Waals surface area contributed by atoms with Gasteiger partial charge < -0.3 is 24.9 Å². The van der Waals surface area contributed by atoms with Gasteiger partial charge in [0.05, 0.1) is 24.8 Å². The predicted octanol–water partition coefficient (Wildman–Crippen LogP) is 5.52. The van der Waals surface area contributed by atoms with Crippen LogP contribution in [-0.4, -0.2) is 46.1 Å². The van der Waals surface area contributed by atoms with Crippen LogP contribution >= 0.6 is 0 Å². The Morgan fingerprint density at radius 1 is 1.05 bits per heavy atom. The van der Waals surface area contributed by atoms with Gasteiger partial charge in [-0.25, -0.2) is 9.97 Å². The van der Waals surface area contributed by atoms with Crippen molar-refractivity contribution in [2.24, 2.45) is 5.73 Å². The average molecular weight is 595 g/mol. The molecular weight excluding hydrogens is 570 g/mol. The second-order valence-electron chi connectivity index (χ2n) is 9.80. The second-order valence-corrected chi connectivity index (χ2v) is 9.80. The highest BCUT2D eigenvalue weighted by atomic mass is 19.4. The Morgan fingerprint density at radius 3 is 2.38 bits per heavy atom. The lowest BCUT2D eigenvalue weighted by Gasteiger charge is -2.38. The number of benzene rings is 2. The largest absolute Gasteiger partial charge is 0.494 e. The monoisotopic (exact) mass is 594 g/mol. The van der Waals surface area contributed by atoms with E-state index in [2.05, 4.69) is 9.97 Å². The number of ether oxygens (including phenoxy) is 1. The molecule has 5 rings (SSSR count). The first-order chi connectivity index (χ1) is 19.7. The number of hydrogen-bond acceptors (Lipinski definition) is 7. The second kappa shape index (κ2) is 10.6. The van der Waals surface area contributed by atoms with E-state index < -0.39 is 35.1 Å². The molecule has 0 spiro atoms. The minimum atomic E-state index is -4.69. The van der Waals surface area contributed by atoms with Gasteiger partial charge in [-0.15, -0.1) is 0 Å². The fourth-order valence-electron chi connectivity index (χ4n) is 4.98. The zero-order chi connectivity index (χ0) is 30.4. The summed E-state index contributed by atoms with van der Waals surface area (Å²) in [7, 11) is 1.29. The number of pyridine rings is 1. The number of oxazole rings is 1. The average Bonchev–Trinajstić information content (AvgIpc) is 3.40. The van der Waals surface area contributed by atoms with Crippen LogP contribution in [0.25, 0.3) is 22.4 Å². The molecule has 8 nitrogen and oxygen atoms in total. The molecule has 2 aromatic heterocycles. The third-order valence-electron chi connectivity index (χ3n) is 7.25. The van der Waals surface area contributed by atoms with E-state index in [-0.39, 0.29) is 77.6 Å². The van der Waals surface area contributed by atoms with Crippen LogP contribution in [0.5, 0.6) is 5.75 Å². The maximum Gasteiger partial charge on any atom is 0.433 e. The molecule has 0 atom stereocenters. The molecule has 0 bridgehead atoms. The molecular formula is C28H24F6N4O4. The van der Waals surface area contributed by atoms with Crippen molar-refractivity contribution in [2.75, 3.05) is 20.2 Å². The van der Waals surface area contributed by atoms with Crippen LogP contribution in [0.15, 0.2) is 52.9 Å². The number of carbonyl (C=O) groups is 1. The fraction of sp³-hybridized carbons (Fsp3) is 0.321. The summed E-state index contributed by atoms with van der Waals surface area (Å²) in [5.41, 5.74) is 2.37. The normalized spacial score (nSPS) is 15.7. The van der Waals surface area contributed by atoms with Gasteiger partial charge in [0.2, 0.25) is 5.89 Å². The lowest BCUT2D eigenvalue weighted by molar-refractivity contribution is -0.141. The van der Waals surface area contributed by atoms with Gasteiger partial charge in [-0.05, 0) is 54.8 Å². The van der Waals surface area contributed by atoms with Crippen molar-refractivity contribution < 1.29 is 45.4 Å². The molecule has 4 aromatic rings. The lowest BCUT2D eigenvalue weighted by Crippen LogP contribution is -2.45. The summed E-state index contributed by atoms with van der Waals surface area (Å²) in [6.07, 6.45) is -9.32. The standard InChI is InChI=1S/C28H24F6N4O4/c1-41-19-7-5-18(17-6-8-21(28(32,33)34)36-22(17)19)24-37-23(20(14-35)42-24)25(39)38-11-9-26(40,10-12-38)15-3-2-4-16(13-15)27(29,30)31/h2-8,13,40H,9-12,14,35H2,1H3. The van der Waals surface area contributed by atoms with Gasteiger partial charge in [-0.2, -0.15) is 26.3 Å². The van der Waals surface area contributed by atoms with Gasteiger partial charge in [0, 0.05) is 24.0 Å². The molecule has 1 fully saturated rings. The van der Waals surface area contributed by atoms with Crippen molar-refractivity contribution in [3.8, 4) is 17.2 Å². The van der Waals surface area contributed by atoms with Gasteiger partial charge >= 0.3 is 12.4 Å². The highest BCUT2D eigenvalue weighted by molar-refractivity contribution is 5.98. The van der Waals surface area contributed by atoms with Crippen LogP contribution in [-0.2, 0) is 24.5 Å². The number of fused-ring (bicyclic) bond motifs is 1. The molecule has 1 aliphatic rings. The van der Waals surface area contributed by atoms with E-state index in [4.69, 9.17) is 14.9 Å². The van der Waals surface area contributed by atoms with Gasteiger partial charge in [-0.1, -0.05) is 12.1 Å². The molecule has 1 saturated heterocycles. The number of aromatic nitrogens is 2. The number of carbonyl (C=O) groups excluding carboxylic acids is 1. The maximum atomic E-state index is 13.4. The Balaban J connectivity index is 1.42. The van der Waals surface area contributed by atoms with Crippen molar-refractivity contribution in [1.82, 2.24) is 14.9 Å². The first kappa shape index (κ1) is 29.3. The van der Waals surface area contributed by atoms with Crippen molar-refractivity contribution in [3.05, 3.63) is 76.8 Å². The fourth-order valence-corrected chi connectivity index (χ4v) is 4.98. The van der Waals surface area contributed by atoms with Crippen LogP contribution in [0.1, 0.15) is 45.9 Å². The number of amides is 1. The Morgan fingerprint density at radius 2 is 1.76 bits per heavy atom. The van der Waals surface area contributed by atoms with Crippen molar-refractivity contribution in [2.45, 2.75) is 37.3 Å². The molecule has 0 unspecified atom stereocenters. The number of likely N-dealkylation sites (tertiary alicyclic amines) is 1. The third kappa shape index (κ3) is 5.39. The van der Waals surface area contributed by atoms with Crippen molar-refractivity contribution in [3.63, 3.8) is 0 Å². The zero-order valence-electron chi connectivity index (χ0n) is 22.0. The topological polar surface area (TPSA) is 115 Å². The number of rotatable bonds is 5. The number of aliphatic hydroxyl groups is 1. The smallest absolute Gasteiger partial charge is 0.433 e. The summed E-state index contributed by atoms with van der Waals surface area (Å²) >= 11 is 0. The minimum Gasteiger partial charge on any atom is -0.494 e. The Hall–Kier alpha value is -4.17. The zero-order valence-corrected chi connectivity index (χ0v) is 22.0. The number of halogens is 6. The molecule has 42 heavy (non-hydrogen) atoms. The Kier molecular flexibility index (Phi) is 7.39. The summed E-state index contributed by atoms with van der Waals surface area (Å²) in [6, 6.07) is 9.37. The van der Waals surface area contributed by atoms with E-state index in [0.29, 0.717) is 0 Å². The number of alkyl halides is 6. The molecule has 222 valence electrons. The molecule has 2 aromatic carbocycles. The highest BCUT2D eigenvalue weighted by Crippen LogP contribution is 2.39. The van der Waals surface area contributed by atoms with Crippen molar-refractivity contribution >= 4 is 16.8 Å². The lowest BCUT2D eigenvalue weighted by atomic mass is 9.83. The number of nitrogens with zero attached hydrogens (tertiary/aromatic N) is 3. The highest BCUT2D eigenvalue weighted by Gasteiger charge is 2.39. The SMILES string of the molecule is COc1ccc(-c2nc(C(=O)N3CCC(O)(c4cccc(C(F)(F)F)c4)CC3)c(CN)o2)c2ccc(C(F)(F)F)nc12. The van der Waals surface area contributed by atoms with E-state index in [1.807, 2.05) is 0 Å². The van der Waals surface area contributed by atoms with Crippen LogP contribution in [0.3, 0.4) is 0 Å². The van der Waals surface area contributed by atoms with E-state index in [1.54, 1.807) is 0 Å². The third-order valence-corrected chi connectivity index (χ3v) is 7.25. The van der Waals surface area contributed by atoms with Gasteiger partial charge in [0.15, 0.2) is 11.5 Å². The summed E-state index contributed by atoms with van der Waals surface area (Å²) in [5, 5.41) is 11.4. The summed E-state index contributed by atoms with van der Waals surface area (Å²) in [5.74, 6) is -0.543. The van der Waals surface area contributed by atoms with Gasteiger partial charge in [0.1, 0.15) is 17.0 Å². The van der Waals surface area contributed by atoms with E-state index in [0.717, 1.165) is 18.2 Å². The Labute approximate surface area is 234 Å². The number of nitrogens with two attached hydrogens (primary N) is 1. The predicted molar refractivity (Wildman–Crippen MR) is 137 cm³/mol. The van der Waals surface area contributed by atoms with Crippen LogP contribution < -0.4 is 10.5 Å². The summed E-state index contributed by atoms with van der Waals surface area (Å²) in [6.45, 7) is -0.207. The molecule has 3 heterocycles. The van der Waals surface area contributed by atoms with E-state index >= 15 is 0 Å². The Bertz CT molecular complexity index is 1640. The molecule has 1 amide bonds. The van der Waals surface area contributed by atoms with E-state index in [9.17, 15) is 36.2 Å². The summed E-state index contributed by atoms with van der Waals surface area (Å²) < 4.78 is 90.4. The summed E-state index contributed by atoms with van der Waals surface area (Å²) in [4.78, 5) is 22.9. The van der Waals surface area contributed by atoms with Gasteiger partial charge in [-0.3, -0.25) is 4.79 Å². The number of piperidine rings is 1. The van der Waals surface area contributed by atoms with Crippen LogP contribution in [0.2, 0.25) is 0 Å². The van der Waals surface area contributed by atoms with Crippen molar-refractivity contribution in [1.29, 1.82) is 0 Å². The number of methoxy groups -OCH3 is 1. The molecule has 0 aliphatic carbocycles. The number of hydrogen-bond donors (Lipinski definition) is 2. The van der Waals surface area contributed by atoms with Gasteiger partial charge in [0.25, 0.3) is 5.91 Å². The first-order valence-electron chi connectivity index (χ1n) is 12.7. The first-order valence-corrected chi connectivity index (χ1v) is 12.7. The molecule has 14 heteroatoms. The molecule has 3 N–H and O–H groups in total. The van der Waals surface area contributed by atoms with Crippen LogP contribution in [0.4, 0.5) is 26.3 Å².